The van der Waals surface area contributed by atoms with Crippen molar-refractivity contribution < 1.29 is 28.8 Å². The number of benzene rings is 12. The van der Waals surface area contributed by atoms with Gasteiger partial charge in [-0.15, -0.1) is 0 Å². The van der Waals surface area contributed by atoms with Gasteiger partial charge in [0.1, 0.15) is 0 Å². The summed E-state index contributed by atoms with van der Waals surface area (Å²) in [6.45, 7) is 16.4. The van der Waals surface area contributed by atoms with Crippen molar-refractivity contribution in [2.24, 2.45) is 0 Å². The number of hydrogen-bond donors (Lipinski definition) is 0. The van der Waals surface area contributed by atoms with Crippen LogP contribution in [0.25, 0.3) is 86.9 Å². The predicted octanol–water partition coefficient (Wildman–Crippen LogP) is 17.0. The molecule has 9 nitrogen and oxygen atoms in total. The molecule has 3 aliphatic rings. The van der Waals surface area contributed by atoms with E-state index in [4.69, 9.17) is 0 Å². The van der Waals surface area contributed by atoms with Gasteiger partial charge in [0.2, 0.25) is 0 Å². The predicted molar refractivity (Wildman–Crippen MR) is 333 cm³/mol. The summed E-state index contributed by atoms with van der Waals surface area (Å²) in [7, 11) is 0. The number of amides is 6. The Balaban J connectivity index is 0.760. The van der Waals surface area contributed by atoms with Crippen LogP contribution < -0.4 is 14.7 Å². The van der Waals surface area contributed by atoms with E-state index in [1.54, 1.807) is 54.6 Å². The highest BCUT2D eigenvalue weighted by molar-refractivity contribution is 6.43. The quantitative estimate of drug-likeness (QED) is 0.0964. The second kappa shape index (κ2) is 17.2. The molecule has 0 atom stereocenters. The van der Waals surface area contributed by atoms with Crippen LogP contribution in [0.2, 0.25) is 0 Å². The molecule has 12 aromatic rings. The van der Waals surface area contributed by atoms with Crippen molar-refractivity contribution in [3.05, 3.63) is 232 Å². The highest BCUT2D eigenvalue weighted by Crippen LogP contribution is 2.48. The third-order valence-corrected chi connectivity index (χ3v) is 17.7. The Morgan fingerprint density at radius 3 is 1.35 bits per heavy atom. The molecule has 0 N–H and O–H groups in total. The van der Waals surface area contributed by atoms with Crippen LogP contribution in [0.3, 0.4) is 0 Å². The lowest BCUT2D eigenvalue weighted by Crippen LogP contribution is -2.44. The number of aryl methyl sites for hydroxylation is 2. The van der Waals surface area contributed by atoms with Gasteiger partial charge in [-0.25, -0.2) is 14.7 Å². The first-order chi connectivity index (χ1) is 39.8. The topological polar surface area (TPSA) is 112 Å². The molecule has 12 aromatic carbocycles. The molecule has 400 valence electrons. The number of carbonyl (C=O) groups excluding carboxylic acids is 6. The summed E-state index contributed by atoms with van der Waals surface area (Å²) in [6, 6.07) is 56.4. The molecule has 9 heteroatoms. The van der Waals surface area contributed by atoms with E-state index in [-0.39, 0.29) is 38.4 Å². The maximum atomic E-state index is 14.9. The normalized spacial score (nSPS) is 14.6. The van der Waals surface area contributed by atoms with Crippen LogP contribution in [0.4, 0.5) is 17.1 Å². The maximum Gasteiger partial charge on any atom is 0.265 e. The van der Waals surface area contributed by atoms with E-state index in [0.29, 0.717) is 50.1 Å². The highest BCUT2D eigenvalue weighted by atomic mass is 16.2. The third kappa shape index (κ3) is 6.94. The molecular weight excluding hydrogens is 1030 g/mol. The zero-order valence-electron chi connectivity index (χ0n) is 47.0. The SMILES string of the molecule is Cc1cc(N2C(=O)c3cccc4c(-c5cccc(N6C(=O)c7ccc8c9c(ccc(c79)C6=O)C(=O)N(c6cc(C(C)(C)C)ccc6C(C)(C)C)C8=O)c5)ccc(c34)C2=O)c(C)cc1-c1ccc2c3cccc4cccc(c5cccc1c52)c43. The van der Waals surface area contributed by atoms with Gasteiger partial charge < -0.3 is 0 Å². The molecule has 15 rings (SSSR count). The van der Waals surface area contributed by atoms with E-state index in [9.17, 15) is 28.8 Å². The van der Waals surface area contributed by atoms with Gasteiger partial charge in [-0.2, -0.15) is 0 Å². The summed E-state index contributed by atoms with van der Waals surface area (Å²) >= 11 is 0. The molecule has 0 radical (unpaired) electrons. The summed E-state index contributed by atoms with van der Waals surface area (Å²) in [6.07, 6.45) is 0. The van der Waals surface area contributed by atoms with E-state index in [1.165, 1.54) is 47.5 Å². The Labute approximate surface area is 478 Å². The lowest BCUT2D eigenvalue weighted by atomic mass is 9.80. The zero-order valence-corrected chi connectivity index (χ0v) is 47.0. The standard InChI is InChI=1S/C74H53N3O6/c1-38-35-60(39(2)34-58(38)45-26-27-51-49-19-11-15-40-14-10-18-48(62(40)49)50-22-12-21-47(45)63(50)51)76-69(80)52-23-13-20-46-44(25-28-53(64(46)52)70(76)81)41-16-9-17-43(36-41)75-67(78)54-29-31-56-66-57(32-30-55(65(54)66)68(75)79)72(83)77(71(56)82)61-37-42(73(3,4)5)24-33-59(61)74(6,7)8/h9-37H,1-8H3. The molecule has 0 fully saturated rings. The van der Waals surface area contributed by atoms with Crippen molar-refractivity contribution in [3.8, 4) is 22.3 Å². The maximum absolute atomic E-state index is 14.9. The Morgan fingerprint density at radius 2 is 0.759 bits per heavy atom. The molecule has 0 aromatic heterocycles. The molecule has 83 heavy (non-hydrogen) atoms. The average molecular weight is 1080 g/mol. The number of rotatable bonds is 5. The van der Waals surface area contributed by atoms with E-state index in [0.717, 1.165) is 43.7 Å². The fourth-order valence-electron chi connectivity index (χ4n) is 13.7. The molecule has 0 bridgehead atoms. The van der Waals surface area contributed by atoms with Crippen LogP contribution in [0.5, 0.6) is 0 Å². The number of fused-ring (bicyclic) bond motifs is 2. The molecule has 0 spiro atoms. The molecule has 3 heterocycles. The first-order valence-electron chi connectivity index (χ1n) is 28.1. The van der Waals surface area contributed by atoms with Gasteiger partial charge in [0.05, 0.1) is 17.1 Å². The van der Waals surface area contributed by atoms with Gasteiger partial charge in [-0.05, 0) is 184 Å². The number of imide groups is 3. The minimum absolute atomic E-state index is 0.189. The summed E-state index contributed by atoms with van der Waals surface area (Å²) in [5.41, 5.74) is 9.15. The van der Waals surface area contributed by atoms with E-state index >= 15 is 0 Å². The number of nitrogens with zero attached hydrogens (tertiary/aromatic N) is 3. The van der Waals surface area contributed by atoms with Crippen LogP contribution in [0.15, 0.2) is 176 Å². The molecule has 0 saturated heterocycles. The van der Waals surface area contributed by atoms with Crippen molar-refractivity contribution in [2.75, 3.05) is 14.7 Å². The van der Waals surface area contributed by atoms with Crippen LogP contribution in [-0.2, 0) is 10.8 Å². The van der Waals surface area contributed by atoms with Crippen molar-refractivity contribution in [2.45, 2.75) is 66.2 Å². The Hall–Kier alpha value is -10.1. The van der Waals surface area contributed by atoms with E-state index in [1.807, 2.05) is 83.1 Å². The molecular formula is C74H53N3O6. The van der Waals surface area contributed by atoms with Crippen LogP contribution in [0.1, 0.15) is 126 Å². The smallest absolute Gasteiger partial charge is 0.265 e. The summed E-state index contributed by atoms with van der Waals surface area (Å²) < 4.78 is 0. The van der Waals surface area contributed by atoms with Gasteiger partial charge in [0, 0.05) is 49.5 Å². The number of anilines is 3. The zero-order chi connectivity index (χ0) is 57.4. The Kier molecular flexibility index (Phi) is 10.3. The van der Waals surface area contributed by atoms with Crippen molar-refractivity contribution in [1.82, 2.24) is 0 Å². The molecule has 6 amide bonds. The van der Waals surface area contributed by atoms with Crippen LogP contribution in [-0.4, -0.2) is 35.4 Å². The lowest BCUT2D eigenvalue weighted by Gasteiger charge is -2.35. The van der Waals surface area contributed by atoms with Crippen LogP contribution in [0, 0.1) is 13.8 Å². The van der Waals surface area contributed by atoms with Gasteiger partial charge >= 0.3 is 0 Å². The van der Waals surface area contributed by atoms with Crippen molar-refractivity contribution in [3.63, 3.8) is 0 Å². The molecule has 3 aliphatic heterocycles. The summed E-state index contributed by atoms with van der Waals surface area (Å²) in [5, 5.41) is 11.4. The average Bonchev–Trinajstić information content (AvgIpc) is 2.95. The largest absolute Gasteiger partial charge is 0.268 e. The number of hydrogen-bond acceptors (Lipinski definition) is 6. The minimum atomic E-state index is -0.602. The highest BCUT2D eigenvalue weighted by Gasteiger charge is 2.43. The van der Waals surface area contributed by atoms with E-state index < -0.39 is 40.9 Å². The lowest BCUT2D eigenvalue weighted by molar-refractivity contribution is 0.0872. The second-order valence-electron chi connectivity index (χ2n) is 24.6. The van der Waals surface area contributed by atoms with Gasteiger partial charge in [-0.1, -0.05) is 151 Å². The molecule has 0 aliphatic carbocycles. The fraction of sp³-hybridized carbons (Fsp3) is 0.135. The Bertz CT molecular complexity index is 4910. The van der Waals surface area contributed by atoms with Crippen molar-refractivity contribution >= 4 is 117 Å². The Morgan fingerprint density at radius 1 is 0.301 bits per heavy atom. The second-order valence-corrected chi connectivity index (χ2v) is 24.6. The minimum Gasteiger partial charge on any atom is -0.268 e. The van der Waals surface area contributed by atoms with Gasteiger partial charge in [0.25, 0.3) is 35.4 Å². The number of carbonyl (C=O) groups is 6. The van der Waals surface area contributed by atoms with Gasteiger partial charge in [-0.3, -0.25) is 28.8 Å². The van der Waals surface area contributed by atoms with E-state index in [2.05, 4.69) is 93.6 Å². The molecule has 0 unspecified atom stereocenters. The third-order valence-electron chi connectivity index (χ3n) is 17.7. The summed E-state index contributed by atoms with van der Waals surface area (Å²) in [5.74, 6) is -3.13. The van der Waals surface area contributed by atoms with Crippen molar-refractivity contribution in [1.29, 1.82) is 0 Å². The monoisotopic (exact) mass is 1080 g/mol. The summed E-state index contributed by atoms with van der Waals surface area (Å²) in [4.78, 5) is 92.7. The first-order valence-corrected chi connectivity index (χ1v) is 28.1. The fourth-order valence-corrected chi connectivity index (χ4v) is 13.7. The molecule has 0 saturated carbocycles. The van der Waals surface area contributed by atoms with Gasteiger partial charge in [0.15, 0.2) is 0 Å². The van der Waals surface area contributed by atoms with Crippen LogP contribution >= 0.6 is 0 Å². The first kappa shape index (κ1) is 49.9.